The fourth-order valence-corrected chi connectivity index (χ4v) is 5.86. The van der Waals surface area contributed by atoms with Gasteiger partial charge in [-0.1, -0.05) is 11.2 Å². The van der Waals surface area contributed by atoms with Crippen LogP contribution in [0.15, 0.2) is 57.5 Å². The average Bonchev–Trinajstić information content (AvgIpc) is 3.42. The molecule has 1 aliphatic heterocycles. The van der Waals surface area contributed by atoms with E-state index in [0.717, 1.165) is 17.7 Å². The summed E-state index contributed by atoms with van der Waals surface area (Å²) in [6.07, 6.45) is 4.93. The van der Waals surface area contributed by atoms with E-state index >= 15 is 0 Å². The number of thiophene rings is 1. The highest BCUT2D eigenvalue weighted by Crippen LogP contribution is 2.33. The zero-order valence-corrected chi connectivity index (χ0v) is 16.2. The lowest BCUT2D eigenvalue weighted by Crippen LogP contribution is -2.36. The Morgan fingerprint density at radius 1 is 1.19 bits per heavy atom. The summed E-state index contributed by atoms with van der Waals surface area (Å²) in [5.41, 5.74) is 0.700. The molecule has 27 heavy (non-hydrogen) atoms. The van der Waals surface area contributed by atoms with Gasteiger partial charge in [0, 0.05) is 25.4 Å². The van der Waals surface area contributed by atoms with E-state index < -0.39 is 10.0 Å². The second-order valence-electron chi connectivity index (χ2n) is 6.25. The molecule has 0 spiro atoms. The van der Waals surface area contributed by atoms with Crippen molar-refractivity contribution in [3.8, 4) is 10.6 Å². The Bertz CT molecular complexity index is 965. The van der Waals surface area contributed by atoms with Crippen LogP contribution in [-0.2, 0) is 21.3 Å². The highest BCUT2D eigenvalue weighted by molar-refractivity contribution is 7.91. The average molecular weight is 406 g/mol. The zero-order chi connectivity index (χ0) is 18.7. The molecule has 1 unspecified atom stereocenters. The summed E-state index contributed by atoms with van der Waals surface area (Å²) >= 11 is 1.17. The van der Waals surface area contributed by atoms with Crippen LogP contribution >= 0.6 is 11.3 Å². The fourth-order valence-electron chi connectivity index (χ4n) is 3.00. The van der Waals surface area contributed by atoms with Crippen molar-refractivity contribution in [2.45, 2.75) is 29.7 Å². The Labute approximate surface area is 161 Å². The Morgan fingerprint density at radius 3 is 2.81 bits per heavy atom. The predicted molar refractivity (Wildman–Crippen MR) is 101 cm³/mol. The van der Waals surface area contributed by atoms with Gasteiger partial charge in [-0.2, -0.15) is 4.31 Å². The van der Waals surface area contributed by atoms with Crippen molar-refractivity contribution < 1.29 is 17.7 Å². The lowest BCUT2D eigenvalue weighted by Gasteiger charge is -2.23. The molecule has 3 aromatic heterocycles. The van der Waals surface area contributed by atoms with Crippen LogP contribution in [0.1, 0.15) is 18.5 Å². The van der Waals surface area contributed by atoms with Crippen LogP contribution in [0.25, 0.3) is 10.6 Å². The third-order valence-electron chi connectivity index (χ3n) is 4.35. The molecule has 9 heteroatoms. The summed E-state index contributed by atoms with van der Waals surface area (Å²) in [6.45, 7) is 1.20. The third kappa shape index (κ3) is 4.11. The maximum absolute atomic E-state index is 13.3. The van der Waals surface area contributed by atoms with Gasteiger partial charge in [-0.25, -0.2) is 8.42 Å². The van der Waals surface area contributed by atoms with Crippen molar-refractivity contribution in [3.63, 3.8) is 0 Å². The Kier molecular flexibility index (Phi) is 5.35. The van der Waals surface area contributed by atoms with E-state index in [2.05, 4.69) is 10.1 Å². The lowest BCUT2D eigenvalue weighted by atomic mass is 10.2. The Morgan fingerprint density at radius 2 is 2.11 bits per heavy atom. The maximum Gasteiger partial charge on any atom is 0.253 e. The van der Waals surface area contributed by atoms with Crippen molar-refractivity contribution in [3.05, 3.63) is 54.5 Å². The fraction of sp³-hybridized carbons (Fsp3) is 0.333. The summed E-state index contributed by atoms with van der Waals surface area (Å²) in [6, 6.07) is 10.5. The highest BCUT2D eigenvalue weighted by Gasteiger charge is 2.31. The second-order valence-corrected chi connectivity index (χ2v) is 9.50. The first-order chi connectivity index (χ1) is 13.1. The minimum absolute atomic E-state index is 0.0859. The summed E-state index contributed by atoms with van der Waals surface area (Å²) < 4.78 is 39.2. The molecule has 142 valence electrons. The first-order valence-corrected chi connectivity index (χ1v) is 10.9. The van der Waals surface area contributed by atoms with Crippen molar-refractivity contribution in [2.24, 2.45) is 0 Å². The summed E-state index contributed by atoms with van der Waals surface area (Å²) in [5.74, 6) is 0.553. The lowest BCUT2D eigenvalue weighted by molar-refractivity contribution is 0.0924. The Balaban J connectivity index is 1.62. The molecular weight excluding hydrogens is 386 g/mol. The van der Waals surface area contributed by atoms with Crippen LogP contribution in [0.3, 0.4) is 0 Å². The molecule has 3 aromatic rings. The molecule has 1 atom stereocenters. The molecule has 0 amide bonds. The van der Waals surface area contributed by atoms with Gasteiger partial charge in [0.25, 0.3) is 10.0 Å². The number of aromatic nitrogens is 2. The number of hydrogen-bond donors (Lipinski definition) is 0. The normalized spacial score (nSPS) is 17.6. The van der Waals surface area contributed by atoms with Gasteiger partial charge in [-0.15, -0.1) is 11.3 Å². The van der Waals surface area contributed by atoms with Gasteiger partial charge in [-0.05, 0) is 37.1 Å². The van der Waals surface area contributed by atoms with Crippen molar-refractivity contribution in [1.29, 1.82) is 0 Å². The zero-order valence-electron chi connectivity index (χ0n) is 14.5. The van der Waals surface area contributed by atoms with Crippen LogP contribution < -0.4 is 0 Å². The predicted octanol–water partition coefficient (Wildman–Crippen LogP) is 3.17. The summed E-state index contributed by atoms with van der Waals surface area (Å²) in [4.78, 5) is 5.00. The van der Waals surface area contributed by atoms with Gasteiger partial charge in [0.1, 0.15) is 4.21 Å². The summed E-state index contributed by atoms with van der Waals surface area (Å²) in [5, 5.41) is 3.68. The molecule has 0 radical (unpaired) electrons. The summed E-state index contributed by atoms with van der Waals surface area (Å²) in [7, 11) is -3.69. The Hall–Kier alpha value is -2.07. The van der Waals surface area contributed by atoms with E-state index in [1.54, 1.807) is 24.4 Å². The molecule has 1 aliphatic rings. The topological polar surface area (TPSA) is 85.5 Å². The van der Waals surface area contributed by atoms with Gasteiger partial charge in [0.2, 0.25) is 0 Å². The number of hydrogen-bond acceptors (Lipinski definition) is 7. The van der Waals surface area contributed by atoms with Gasteiger partial charge in [-0.3, -0.25) is 4.98 Å². The molecule has 1 fully saturated rings. The van der Waals surface area contributed by atoms with E-state index in [1.165, 1.54) is 21.8 Å². The molecule has 0 N–H and O–H groups in total. The molecule has 4 rings (SSSR count). The van der Waals surface area contributed by atoms with Gasteiger partial charge < -0.3 is 9.26 Å². The highest BCUT2D eigenvalue weighted by atomic mass is 32.2. The van der Waals surface area contributed by atoms with Crippen molar-refractivity contribution >= 4 is 21.4 Å². The van der Waals surface area contributed by atoms with E-state index in [-0.39, 0.29) is 16.9 Å². The minimum Gasteiger partial charge on any atom is -0.377 e. The van der Waals surface area contributed by atoms with Crippen LogP contribution in [0.5, 0.6) is 0 Å². The number of rotatable bonds is 7. The monoisotopic (exact) mass is 405 g/mol. The van der Waals surface area contributed by atoms with E-state index in [4.69, 9.17) is 9.26 Å². The first-order valence-electron chi connectivity index (χ1n) is 8.65. The second kappa shape index (κ2) is 7.89. The molecule has 0 saturated carbocycles. The van der Waals surface area contributed by atoms with Crippen molar-refractivity contribution in [1.82, 2.24) is 14.4 Å². The van der Waals surface area contributed by atoms with Gasteiger partial charge >= 0.3 is 0 Å². The quantitative estimate of drug-likeness (QED) is 0.600. The molecule has 4 heterocycles. The largest absolute Gasteiger partial charge is 0.377 e. The molecule has 0 aliphatic carbocycles. The smallest absolute Gasteiger partial charge is 0.253 e. The molecule has 0 aromatic carbocycles. The van der Waals surface area contributed by atoms with E-state index in [1.807, 2.05) is 18.2 Å². The van der Waals surface area contributed by atoms with Crippen LogP contribution in [-0.4, -0.2) is 42.1 Å². The minimum atomic E-state index is -3.69. The van der Waals surface area contributed by atoms with E-state index in [0.29, 0.717) is 24.6 Å². The maximum atomic E-state index is 13.3. The standard InChI is InChI=1S/C18H19N3O4S2/c22-27(23,18-7-6-17(26-18)16-8-10-20-25-16)21(13-15-5-3-11-24-15)12-14-4-1-2-9-19-14/h1-2,4,6-10,15H,3,5,11-13H2. The SMILES string of the molecule is O=S(=O)(c1ccc(-c2ccno2)s1)N(Cc1ccccn1)CC1CCCO1. The number of pyridine rings is 1. The van der Waals surface area contributed by atoms with Gasteiger partial charge in [0.05, 0.1) is 29.4 Å². The van der Waals surface area contributed by atoms with Crippen LogP contribution in [0.2, 0.25) is 0 Å². The molecule has 1 saturated heterocycles. The molecule has 0 bridgehead atoms. The first kappa shape index (κ1) is 18.3. The number of sulfonamides is 1. The molecule has 7 nitrogen and oxygen atoms in total. The van der Waals surface area contributed by atoms with E-state index in [9.17, 15) is 8.42 Å². The van der Waals surface area contributed by atoms with Crippen LogP contribution in [0, 0.1) is 0 Å². The van der Waals surface area contributed by atoms with Crippen LogP contribution in [0.4, 0.5) is 0 Å². The number of nitrogens with zero attached hydrogens (tertiary/aromatic N) is 3. The molecular formula is C18H19N3O4S2. The van der Waals surface area contributed by atoms with Crippen molar-refractivity contribution in [2.75, 3.05) is 13.2 Å². The van der Waals surface area contributed by atoms with Gasteiger partial charge in [0.15, 0.2) is 5.76 Å². The number of ether oxygens (including phenoxy) is 1. The third-order valence-corrected chi connectivity index (χ3v) is 7.73.